The summed E-state index contributed by atoms with van der Waals surface area (Å²) < 4.78 is 34.9. The Morgan fingerprint density at radius 3 is 2.27 bits per heavy atom. The number of primary amides is 1. The molecule has 3 N–H and O–H groups in total. The highest BCUT2D eigenvalue weighted by molar-refractivity contribution is 6.05. The molecule has 0 heterocycles. The van der Waals surface area contributed by atoms with Gasteiger partial charge in [-0.2, -0.15) is 0 Å². The molecule has 0 aliphatic carbocycles. The molecule has 0 radical (unpaired) electrons. The van der Waals surface area contributed by atoms with Gasteiger partial charge in [-0.05, 0) is 42.0 Å². The predicted molar refractivity (Wildman–Crippen MR) is 119 cm³/mol. The molecule has 3 rings (SSSR count). The van der Waals surface area contributed by atoms with Crippen LogP contribution in [0.2, 0.25) is 0 Å². The van der Waals surface area contributed by atoms with Crippen LogP contribution in [0, 0.1) is 5.82 Å². The van der Waals surface area contributed by atoms with Crippen LogP contribution >= 0.6 is 0 Å². The number of halogens is 1. The molecule has 33 heavy (non-hydrogen) atoms. The first-order valence-corrected chi connectivity index (χ1v) is 9.85. The van der Waals surface area contributed by atoms with Crippen LogP contribution in [-0.4, -0.2) is 32.6 Å². The number of amides is 2. The van der Waals surface area contributed by atoms with E-state index in [2.05, 4.69) is 5.32 Å². The van der Waals surface area contributed by atoms with Gasteiger partial charge >= 0.3 is 0 Å². The first kappa shape index (κ1) is 23.4. The highest BCUT2D eigenvalue weighted by atomic mass is 19.1. The van der Waals surface area contributed by atoms with Gasteiger partial charge < -0.3 is 30.0 Å². The van der Waals surface area contributed by atoms with Crippen molar-refractivity contribution in [2.24, 2.45) is 5.73 Å². The van der Waals surface area contributed by atoms with Crippen LogP contribution in [0.3, 0.4) is 0 Å². The van der Waals surface area contributed by atoms with E-state index in [1.807, 2.05) is 0 Å². The molecule has 0 unspecified atom stereocenters. The van der Waals surface area contributed by atoms with Crippen LogP contribution in [-0.2, 0) is 11.4 Å². The fourth-order valence-corrected chi connectivity index (χ4v) is 2.96. The average molecular weight is 454 g/mol. The van der Waals surface area contributed by atoms with Crippen molar-refractivity contribution < 1.29 is 32.9 Å². The number of carbonyl (C=O) groups excluding carboxylic acids is 2. The molecule has 0 aliphatic rings. The van der Waals surface area contributed by atoms with Gasteiger partial charge in [0.1, 0.15) is 18.2 Å². The first-order chi connectivity index (χ1) is 15.9. The van der Waals surface area contributed by atoms with Crippen molar-refractivity contribution in [1.82, 2.24) is 0 Å². The largest absolute Gasteiger partial charge is 0.493 e. The smallest absolute Gasteiger partial charge is 0.255 e. The number of carbonyl (C=O) groups is 2. The molecule has 2 amide bonds. The van der Waals surface area contributed by atoms with Crippen LogP contribution in [0.25, 0.3) is 0 Å². The molecule has 0 saturated carbocycles. The third-order valence-corrected chi connectivity index (χ3v) is 4.47. The second-order valence-corrected chi connectivity index (χ2v) is 6.87. The van der Waals surface area contributed by atoms with E-state index in [4.69, 9.17) is 24.7 Å². The summed E-state index contributed by atoms with van der Waals surface area (Å²) in [6, 6.07) is 15.8. The lowest BCUT2D eigenvalue weighted by Crippen LogP contribution is -2.20. The van der Waals surface area contributed by atoms with Crippen molar-refractivity contribution in [3.05, 3.63) is 77.6 Å². The summed E-state index contributed by atoms with van der Waals surface area (Å²) in [5, 5.41) is 2.77. The monoisotopic (exact) mass is 454 g/mol. The first-order valence-electron chi connectivity index (χ1n) is 9.85. The number of anilines is 1. The highest BCUT2D eigenvalue weighted by Crippen LogP contribution is 2.38. The van der Waals surface area contributed by atoms with Gasteiger partial charge in [0.2, 0.25) is 5.75 Å². The Kier molecular flexibility index (Phi) is 7.69. The van der Waals surface area contributed by atoms with E-state index in [0.29, 0.717) is 17.0 Å². The molecule has 9 heteroatoms. The summed E-state index contributed by atoms with van der Waals surface area (Å²) >= 11 is 0. The number of ether oxygens (including phenoxy) is 4. The number of methoxy groups -OCH3 is 2. The van der Waals surface area contributed by atoms with E-state index in [1.54, 1.807) is 36.4 Å². The summed E-state index contributed by atoms with van der Waals surface area (Å²) in [5.74, 6) is -0.379. The Morgan fingerprint density at radius 2 is 1.64 bits per heavy atom. The predicted octanol–water partition coefficient (Wildman–Crippen LogP) is 3.54. The van der Waals surface area contributed by atoms with E-state index in [1.165, 1.54) is 38.5 Å². The molecule has 172 valence electrons. The van der Waals surface area contributed by atoms with Gasteiger partial charge in [0.15, 0.2) is 18.1 Å². The minimum atomic E-state index is -0.666. The van der Waals surface area contributed by atoms with Gasteiger partial charge in [-0.3, -0.25) is 9.59 Å². The molecule has 0 aliphatic heterocycles. The van der Waals surface area contributed by atoms with Crippen molar-refractivity contribution in [3.63, 3.8) is 0 Å². The van der Waals surface area contributed by atoms with Crippen LogP contribution < -0.4 is 30.0 Å². The normalized spacial score (nSPS) is 10.3. The van der Waals surface area contributed by atoms with E-state index in [-0.39, 0.29) is 41.8 Å². The lowest BCUT2D eigenvalue weighted by atomic mass is 10.1. The van der Waals surface area contributed by atoms with Crippen molar-refractivity contribution in [3.8, 4) is 23.0 Å². The van der Waals surface area contributed by atoms with E-state index in [9.17, 15) is 14.0 Å². The fourth-order valence-electron chi connectivity index (χ4n) is 2.96. The maximum Gasteiger partial charge on any atom is 0.255 e. The zero-order valence-corrected chi connectivity index (χ0v) is 18.1. The van der Waals surface area contributed by atoms with Crippen LogP contribution in [0.1, 0.15) is 15.9 Å². The molecule has 0 saturated heterocycles. The molecule has 0 aromatic heterocycles. The lowest BCUT2D eigenvalue weighted by Gasteiger charge is -2.15. The van der Waals surface area contributed by atoms with E-state index >= 15 is 0 Å². The van der Waals surface area contributed by atoms with Crippen LogP contribution in [0.15, 0.2) is 60.7 Å². The summed E-state index contributed by atoms with van der Waals surface area (Å²) in [6.45, 7) is -0.197. The Morgan fingerprint density at radius 1 is 0.939 bits per heavy atom. The minimum absolute atomic E-state index is 0.156. The van der Waals surface area contributed by atoms with Gasteiger partial charge in [-0.15, -0.1) is 0 Å². The number of hydrogen-bond donors (Lipinski definition) is 2. The average Bonchev–Trinajstić information content (AvgIpc) is 2.81. The zero-order valence-electron chi connectivity index (χ0n) is 18.1. The zero-order chi connectivity index (χ0) is 23.8. The quantitative estimate of drug-likeness (QED) is 0.485. The standard InChI is InChI=1S/C24H23FN2O6/c1-30-20-10-16(11-21(31-2)23(20)33-14-22(26)28)24(29)27-18-7-4-8-19(12-18)32-13-15-5-3-6-17(25)9-15/h3-12H,13-14H2,1-2H3,(H2,26,28)(H,27,29). The van der Waals surface area contributed by atoms with Gasteiger partial charge in [0, 0.05) is 17.3 Å². The van der Waals surface area contributed by atoms with Gasteiger partial charge in [0.05, 0.1) is 14.2 Å². The van der Waals surface area contributed by atoms with E-state index in [0.717, 1.165) is 0 Å². The van der Waals surface area contributed by atoms with Crippen molar-refractivity contribution in [2.45, 2.75) is 6.61 Å². The lowest BCUT2D eigenvalue weighted by molar-refractivity contribution is -0.120. The summed E-state index contributed by atoms with van der Waals surface area (Å²) in [4.78, 5) is 23.9. The third-order valence-electron chi connectivity index (χ3n) is 4.47. The van der Waals surface area contributed by atoms with Gasteiger partial charge in [0.25, 0.3) is 11.8 Å². The summed E-state index contributed by atoms with van der Waals surface area (Å²) in [5.41, 5.74) is 6.53. The van der Waals surface area contributed by atoms with E-state index < -0.39 is 11.8 Å². The fraction of sp³-hybridized carbons (Fsp3) is 0.167. The Hall–Kier alpha value is -4.27. The molecule has 0 spiro atoms. The maximum absolute atomic E-state index is 13.3. The number of nitrogens with one attached hydrogen (secondary N) is 1. The maximum atomic E-state index is 13.3. The highest BCUT2D eigenvalue weighted by Gasteiger charge is 2.18. The summed E-state index contributed by atoms with van der Waals surface area (Å²) in [6.07, 6.45) is 0. The van der Waals surface area contributed by atoms with Crippen LogP contribution in [0.5, 0.6) is 23.0 Å². The number of rotatable bonds is 10. The molecular weight excluding hydrogens is 431 g/mol. The molecular formula is C24H23FN2O6. The molecule has 0 atom stereocenters. The van der Waals surface area contributed by atoms with Gasteiger partial charge in [-0.1, -0.05) is 18.2 Å². The molecule has 8 nitrogen and oxygen atoms in total. The van der Waals surface area contributed by atoms with Crippen molar-refractivity contribution in [2.75, 3.05) is 26.1 Å². The second-order valence-electron chi connectivity index (χ2n) is 6.87. The molecule has 0 fully saturated rings. The molecule has 3 aromatic rings. The number of nitrogens with two attached hydrogens (primary N) is 1. The topological polar surface area (TPSA) is 109 Å². The third kappa shape index (κ3) is 6.36. The Bertz CT molecular complexity index is 1130. The molecule has 0 bridgehead atoms. The van der Waals surface area contributed by atoms with Crippen molar-refractivity contribution in [1.29, 1.82) is 0 Å². The Balaban J connectivity index is 1.74. The second kappa shape index (κ2) is 10.9. The van der Waals surface area contributed by atoms with Crippen molar-refractivity contribution >= 4 is 17.5 Å². The number of benzene rings is 3. The Labute approximate surface area is 190 Å². The number of hydrogen-bond acceptors (Lipinski definition) is 6. The minimum Gasteiger partial charge on any atom is -0.493 e. The van der Waals surface area contributed by atoms with Gasteiger partial charge in [-0.25, -0.2) is 4.39 Å². The molecule has 3 aromatic carbocycles. The SMILES string of the molecule is COc1cc(C(=O)Nc2cccc(OCc3cccc(F)c3)c2)cc(OC)c1OCC(N)=O. The van der Waals surface area contributed by atoms with Crippen LogP contribution in [0.4, 0.5) is 10.1 Å². The summed E-state index contributed by atoms with van der Waals surface area (Å²) in [7, 11) is 2.79.